The first-order valence-corrected chi connectivity index (χ1v) is 8.13. The van der Waals surface area contributed by atoms with Crippen LogP contribution in [0.25, 0.3) is 0 Å². The molecule has 0 saturated heterocycles. The average molecular weight is 278 g/mol. The number of nitrogens with one attached hydrogen (secondary N) is 1. The van der Waals surface area contributed by atoms with Gasteiger partial charge in [0.25, 0.3) is 0 Å². The Bertz CT molecular complexity index is 402. The molecule has 4 heteroatoms. The Morgan fingerprint density at radius 3 is 2.47 bits per heavy atom. The smallest absolute Gasteiger partial charge is 0.241 e. The third kappa shape index (κ3) is 3.98. The molecule has 19 heavy (non-hydrogen) atoms. The molecule has 104 valence electrons. The monoisotopic (exact) mass is 278 g/mol. The Balaban J connectivity index is 1.85. The van der Waals surface area contributed by atoms with E-state index in [0.29, 0.717) is 6.04 Å². The quantitative estimate of drug-likeness (QED) is 0.889. The molecule has 1 aliphatic carbocycles. The van der Waals surface area contributed by atoms with Crippen molar-refractivity contribution in [3.63, 3.8) is 0 Å². The van der Waals surface area contributed by atoms with Crippen LogP contribution >= 0.6 is 11.8 Å². The van der Waals surface area contributed by atoms with E-state index in [4.69, 9.17) is 5.73 Å². The second-order valence-corrected chi connectivity index (χ2v) is 6.24. The lowest BCUT2D eigenvalue weighted by Gasteiger charge is -2.28. The van der Waals surface area contributed by atoms with Crippen molar-refractivity contribution in [1.82, 2.24) is 5.32 Å². The first kappa shape index (κ1) is 14.4. The van der Waals surface area contributed by atoms with Crippen LogP contribution in [-0.2, 0) is 4.79 Å². The summed E-state index contributed by atoms with van der Waals surface area (Å²) in [7, 11) is 0. The Hall–Kier alpha value is -1.00. The highest BCUT2D eigenvalue weighted by molar-refractivity contribution is 7.99. The maximum atomic E-state index is 12.1. The van der Waals surface area contributed by atoms with E-state index in [2.05, 4.69) is 11.6 Å². The molecule has 1 fully saturated rings. The number of rotatable bonds is 4. The Kier molecular flexibility index (Phi) is 5.28. The van der Waals surface area contributed by atoms with Gasteiger partial charge in [-0.15, -0.1) is 0 Å². The number of carbonyl (C=O) groups excluding carboxylic acids is 1. The van der Waals surface area contributed by atoms with E-state index in [9.17, 15) is 4.79 Å². The molecule has 3 nitrogen and oxygen atoms in total. The molecular weight excluding hydrogens is 256 g/mol. The van der Waals surface area contributed by atoms with E-state index in [0.717, 1.165) is 23.7 Å². The van der Waals surface area contributed by atoms with Gasteiger partial charge in [-0.1, -0.05) is 30.3 Å². The molecule has 1 aliphatic rings. The van der Waals surface area contributed by atoms with Gasteiger partial charge in [-0.2, -0.15) is 11.8 Å². The van der Waals surface area contributed by atoms with Crippen LogP contribution in [0.2, 0.25) is 0 Å². The van der Waals surface area contributed by atoms with Crippen molar-refractivity contribution in [2.24, 2.45) is 5.73 Å². The number of amides is 1. The number of nitrogens with two attached hydrogens (primary N) is 1. The Labute approximate surface area is 119 Å². The molecule has 0 heterocycles. The molecule has 1 aromatic carbocycles. The summed E-state index contributed by atoms with van der Waals surface area (Å²) >= 11 is 1.93. The lowest BCUT2D eigenvalue weighted by atomic mass is 9.94. The van der Waals surface area contributed by atoms with Gasteiger partial charge in [0, 0.05) is 11.3 Å². The fourth-order valence-electron chi connectivity index (χ4n) is 2.55. The molecule has 2 rings (SSSR count). The highest BCUT2D eigenvalue weighted by Crippen LogP contribution is 2.27. The minimum atomic E-state index is -0.556. The Morgan fingerprint density at radius 1 is 1.26 bits per heavy atom. The van der Waals surface area contributed by atoms with Crippen LogP contribution < -0.4 is 11.1 Å². The third-order valence-electron chi connectivity index (χ3n) is 3.80. The van der Waals surface area contributed by atoms with Crippen LogP contribution in [0.3, 0.4) is 0 Å². The zero-order valence-corrected chi connectivity index (χ0v) is 12.2. The number of carbonyl (C=O) groups is 1. The van der Waals surface area contributed by atoms with Gasteiger partial charge < -0.3 is 11.1 Å². The predicted molar refractivity (Wildman–Crippen MR) is 81.1 cm³/mol. The predicted octanol–water partition coefficient (Wildman–Crippen LogP) is 2.48. The zero-order chi connectivity index (χ0) is 13.7. The second-order valence-electron chi connectivity index (χ2n) is 5.11. The number of benzene rings is 1. The zero-order valence-electron chi connectivity index (χ0n) is 11.3. The first-order valence-electron chi connectivity index (χ1n) is 6.84. The van der Waals surface area contributed by atoms with Crippen LogP contribution in [0.5, 0.6) is 0 Å². The SMILES string of the molecule is CSC1CCC(NC(=O)[C@H](N)c2ccccc2)CC1. The standard InChI is InChI=1S/C15H22N2OS/c1-19-13-9-7-12(8-10-13)17-15(18)14(16)11-5-3-2-4-6-11/h2-6,12-14H,7-10,16H2,1H3,(H,17,18)/t12?,13?,14-/m1/s1. The van der Waals surface area contributed by atoms with Crippen LogP contribution in [0.4, 0.5) is 0 Å². The van der Waals surface area contributed by atoms with Crippen LogP contribution in [0.1, 0.15) is 37.3 Å². The van der Waals surface area contributed by atoms with Crippen molar-refractivity contribution in [3.05, 3.63) is 35.9 Å². The second kappa shape index (κ2) is 6.96. The maximum Gasteiger partial charge on any atom is 0.241 e. The van der Waals surface area contributed by atoms with Gasteiger partial charge in [0.15, 0.2) is 0 Å². The largest absolute Gasteiger partial charge is 0.352 e. The molecule has 1 aromatic rings. The van der Waals surface area contributed by atoms with Gasteiger partial charge >= 0.3 is 0 Å². The fraction of sp³-hybridized carbons (Fsp3) is 0.533. The van der Waals surface area contributed by atoms with Crippen molar-refractivity contribution < 1.29 is 4.79 Å². The third-order valence-corrected chi connectivity index (χ3v) is 4.93. The molecule has 0 radical (unpaired) electrons. The lowest BCUT2D eigenvalue weighted by Crippen LogP contribution is -2.42. The van der Waals surface area contributed by atoms with Crippen molar-refractivity contribution in [2.45, 2.75) is 43.0 Å². The van der Waals surface area contributed by atoms with Crippen molar-refractivity contribution in [3.8, 4) is 0 Å². The number of thioether (sulfide) groups is 1. The van der Waals surface area contributed by atoms with Gasteiger partial charge in [0.1, 0.15) is 6.04 Å². The molecule has 0 unspecified atom stereocenters. The van der Waals surface area contributed by atoms with Gasteiger partial charge in [0.2, 0.25) is 5.91 Å². The van der Waals surface area contributed by atoms with E-state index in [1.807, 2.05) is 42.1 Å². The number of hydrogen-bond donors (Lipinski definition) is 2. The summed E-state index contributed by atoms with van der Waals surface area (Å²) in [5.74, 6) is -0.0567. The fourth-order valence-corrected chi connectivity index (χ4v) is 3.29. The van der Waals surface area contributed by atoms with Gasteiger partial charge in [-0.25, -0.2) is 0 Å². The van der Waals surface area contributed by atoms with E-state index < -0.39 is 6.04 Å². The molecule has 1 saturated carbocycles. The highest BCUT2D eigenvalue weighted by Gasteiger charge is 2.24. The molecule has 0 aliphatic heterocycles. The highest BCUT2D eigenvalue weighted by atomic mass is 32.2. The minimum absolute atomic E-state index is 0.0567. The molecule has 1 amide bonds. The molecule has 1 atom stereocenters. The lowest BCUT2D eigenvalue weighted by molar-refractivity contribution is -0.123. The summed E-state index contributed by atoms with van der Waals surface area (Å²) in [6.45, 7) is 0. The summed E-state index contributed by atoms with van der Waals surface area (Å²) in [6, 6.07) is 9.28. The summed E-state index contributed by atoms with van der Waals surface area (Å²) in [5.41, 5.74) is 6.87. The summed E-state index contributed by atoms with van der Waals surface area (Å²) in [4.78, 5) is 12.1. The van der Waals surface area contributed by atoms with Crippen molar-refractivity contribution in [2.75, 3.05) is 6.26 Å². The van der Waals surface area contributed by atoms with E-state index in [1.54, 1.807) is 0 Å². The van der Waals surface area contributed by atoms with E-state index in [-0.39, 0.29) is 5.91 Å². The van der Waals surface area contributed by atoms with Crippen molar-refractivity contribution in [1.29, 1.82) is 0 Å². The summed E-state index contributed by atoms with van der Waals surface area (Å²) < 4.78 is 0. The molecule has 3 N–H and O–H groups in total. The average Bonchev–Trinajstić information content (AvgIpc) is 2.48. The van der Waals surface area contributed by atoms with E-state index in [1.165, 1.54) is 12.8 Å². The molecular formula is C15H22N2OS. The summed E-state index contributed by atoms with van der Waals surface area (Å²) in [5, 5.41) is 3.85. The van der Waals surface area contributed by atoms with Crippen LogP contribution in [-0.4, -0.2) is 23.5 Å². The van der Waals surface area contributed by atoms with Gasteiger partial charge in [-0.05, 0) is 37.5 Å². The number of hydrogen-bond acceptors (Lipinski definition) is 3. The maximum absolute atomic E-state index is 12.1. The molecule has 0 spiro atoms. The van der Waals surface area contributed by atoms with Gasteiger partial charge in [0.05, 0.1) is 0 Å². The molecule has 0 bridgehead atoms. The van der Waals surface area contributed by atoms with Gasteiger partial charge in [-0.3, -0.25) is 4.79 Å². The first-order chi connectivity index (χ1) is 9.20. The van der Waals surface area contributed by atoms with E-state index >= 15 is 0 Å². The summed E-state index contributed by atoms with van der Waals surface area (Å²) in [6.07, 6.45) is 6.67. The van der Waals surface area contributed by atoms with Crippen molar-refractivity contribution >= 4 is 17.7 Å². The van der Waals surface area contributed by atoms with Crippen LogP contribution in [0, 0.1) is 0 Å². The minimum Gasteiger partial charge on any atom is -0.352 e. The normalized spacial score (nSPS) is 24.7. The molecule has 0 aromatic heterocycles. The Morgan fingerprint density at radius 2 is 1.89 bits per heavy atom. The topological polar surface area (TPSA) is 55.1 Å². The van der Waals surface area contributed by atoms with Crippen LogP contribution in [0.15, 0.2) is 30.3 Å².